The largest absolute Gasteiger partial charge is 0.465 e. The molecule has 0 saturated heterocycles. The van der Waals surface area contributed by atoms with Crippen LogP contribution in [0.2, 0.25) is 0 Å². The molecule has 51 heavy (non-hydrogen) atoms. The maximum absolute atomic E-state index is 14.0. The molecule has 0 unspecified atom stereocenters. The van der Waals surface area contributed by atoms with Crippen molar-refractivity contribution in [1.29, 1.82) is 0 Å². The first kappa shape index (κ1) is 49.4. The quantitative estimate of drug-likeness (QED) is 0.0342. The molecule has 6 nitrogen and oxygen atoms in total. The van der Waals surface area contributed by atoms with Crippen LogP contribution in [-0.4, -0.2) is 89.8 Å². The Morgan fingerprint density at radius 3 is 1.22 bits per heavy atom. The Hall–Kier alpha value is -1.58. The Morgan fingerprint density at radius 1 is 0.510 bits per heavy atom. The van der Waals surface area contributed by atoms with E-state index in [9.17, 15) is 101 Å². The number of halogens is 21. The molecule has 0 aliphatic rings. The summed E-state index contributed by atoms with van der Waals surface area (Å²) in [7, 11) is -7.74. The van der Waals surface area contributed by atoms with Crippen molar-refractivity contribution in [2.24, 2.45) is 0 Å². The number of carbonyl (C=O) groups is 1. The smallest absolute Gasteiger partial charge is 0.460 e. The van der Waals surface area contributed by atoms with Crippen molar-refractivity contribution in [2.75, 3.05) is 11.9 Å². The molecular weight excluding hydrogens is 864 g/mol. The van der Waals surface area contributed by atoms with Gasteiger partial charge in [0.2, 0.25) is 0 Å². The lowest BCUT2D eigenvalue weighted by molar-refractivity contribution is -0.504. The Labute approximate surface area is 282 Å². The van der Waals surface area contributed by atoms with Crippen LogP contribution in [0.4, 0.5) is 87.8 Å². The highest BCUT2D eigenvalue weighted by Gasteiger charge is 2.95. The zero-order valence-corrected chi connectivity index (χ0v) is 27.2. The van der Waals surface area contributed by atoms with E-state index in [2.05, 4.69) is 15.9 Å². The van der Waals surface area contributed by atoms with E-state index in [4.69, 9.17) is 9.29 Å². The second kappa shape index (κ2) is 16.4. The van der Waals surface area contributed by atoms with Gasteiger partial charge in [0, 0.05) is 6.42 Å². The summed E-state index contributed by atoms with van der Waals surface area (Å²) in [4.78, 5) is 10.9. The van der Waals surface area contributed by atoms with E-state index in [-0.39, 0.29) is 24.8 Å². The zero-order valence-electron chi connectivity index (χ0n) is 24.8. The van der Waals surface area contributed by atoms with Gasteiger partial charge in [0.25, 0.3) is 0 Å². The lowest BCUT2D eigenvalue weighted by atomic mass is 9.87. The van der Waals surface area contributed by atoms with Gasteiger partial charge >= 0.3 is 75.0 Å². The van der Waals surface area contributed by atoms with E-state index in [1.54, 1.807) is 0 Å². The summed E-state index contributed by atoms with van der Waals surface area (Å²) in [6.45, 7) is 0.110. The fraction of sp³-hybridized carbons (Fsp3) is 0.957. The van der Waals surface area contributed by atoms with Crippen molar-refractivity contribution >= 4 is 32.0 Å². The number of hydrogen-bond donors (Lipinski definition) is 1. The van der Waals surface area contributed by atoms with E-state index in [0.717, 1.165) is 4.74 Å². The number of carbonyl (C=O) groups excluding carboxylic acids is 1. The molecule has 0 aliphatic heterocycles. The average molecular weight is 889 g/mol. The van der Waals surface area contributed by atoms with Crippen molar-refractivity contribution < 1.29 is 115 Å². The minimum Gasteiger partial charge on any atom is -0.465 e. The Bertz CT molecular complexity index is 1260. The lowest BCUT2D eigenvalue weighted by Gasteiger charge is -2.43. The molecule has 0 aliphatic carbocycles. The standard InChI is InChI=1S/C23H25BrF20O6S/c24-12-13(45)49-11-9-7-5-3-1-2-4-6-8-10-14(25,26)15(27,28)16(29,30)17(31,32)18(33,34)19(35,36)20(37,38)21(39,40)50-22(41,42)23(43,44)51(46,47)48/h1-12H2,(H,46,47,48). The summed E-state index contributed by atoms with van der Waals surface area (Å²) in [5, 5.41) is -7.56. The van der Waals surface area contributed by atoms with Gasteiger partial charge < -0.3 is 4.74 Å². The van der Waals surface area contributed by atoms with Crippen LogP contribution in [0.1, 0.15) is 64.2 Å². The maximum Gasteiger partial charge on any atom is 0.460 e. The van der Waals surface area contributed by atoms with Crippen LogP contribution in [0.25, 0.3) is 0 Å². The second-order valence-corrected chi connectivity index (χ2v) is 12.6. The van der Waals surface area contributed by atoms with Crippen LogP contribution < -0.4 is 0 Å². The molecule has 0 heterocycles. The van der Waals surface area contributed by atoms with Crippen LogP contribution in [0.3, 0.4) is 0 Å². The van der Waals surface area contributed by atoms with E-state index < -0.39 is 94.3 Å². The summed E-state index contributed by atoms with van der Waals surface area (Å²) in [5.41, 5.74) is 0. The normalized spacial score (nSPS) is 15.3. The van der Waals surface area contributed by atoms with Gasteiger partial charge in [-0.05, 0) is 12.8 Å². The molecule has 0 aromatic rings. The molecule has 0 aromatic heterocycles. The highest BCUT2D eigenvalue weighted by molar-refractivity contribution is 9.09. The summed E-state index contributed by atoms with van der Waals surface area (Å²) in [5.74, 6) is -59.6. The van der Waals surface area contributed by atoms with Crippen LogP contribution >= 0.6 is 15.9 Å². The van der Waals surface area contributed by atoms with E-state index in [1.807, 2.05) is 0 Å². The van der Waals surface area contributed by atoms with Gasteiger partial charge in [-0.3, -0.25) is 9.35 Å². The highest BCUT2D eigenvalue weighted by atomic mass is 79.9. The third kappa shape index (κ3) is 9.75. The Balaban J connectivity index is 5.84. The van der Waals surface area contributed by atoms with Gasteiger partial charge in [0.1, 0.15) is 5.33 Å². The molecule has 306 valence electrons. The van der Waals surface area contributed by atoms with Crippen LogP contribution in [0.5, 0.6) is 0 Å². The van der Waals surface area contributed by atoms with Gasteiger partial charge in [-0.25, -0.2) is 4.74 Å². The van der Waals surface area contributed by atoms with E-state index in [0.29, 0.717) is 32.1 Å². The summed E-state index contributed by atoms with van der Waals surface area (Å²) < 4.78 is 309. The first-order chi connectivity index (χ1) is 22.4. The molecule has 0 aromatic carbocycles. The van der Waals surface area contributed by atoms with Gasteiger partial charge in [0.05, 0.1) is 6.61 Å². The predicted octanol–water partition coefficient (Wildman–Crippen LogP) is 9.96. The first-order valence-electron chi connectivity index (χ1n) is 13.6. The summed E-state index contributed by atoms with van der Waals surface area (Å²) in [6.07, 6.45) is -18.2. The molecule has 0 radical (unpaired) electrons. The number of esters is 1. The van der Waals surface area contributed by atoms with Crippen molar-refractivity contribution in [1.82, 2.24) is 0 Å². The van der Waals surface area contributed by atoms with Gasteiger partial charge in [-0.15, -0.1) is 0 Å². The summed E-state index contributed by atoms with van der Waals surface area (Å²) >= 11 is 2.85. The number of alkyl halides is 21. The van der Waals surface area contributed by atoms with Crippen LogP contribution in [0.15, 0.2) is 0 Å². The number of rotatable bonds is 24. The molecule has 0 atom stereocenters. The molecule has 0 rings (SSSR count). The monoisotopic (exact) mass is 888 g/mol. The van der Waals surface area contributed by atoms with Crippen molar-refractivity contribution in [3.63, 3.8) is 0 Å². The third-order valence-electron chi connectivity index (χ3n) is 6.72. The van der Waals surface area contributed by atoms with Gasteiger partial charge in [-0.1, -0.05) is 60.9 Å². The van der Waals surface area contributed by atoms with Crippen molar-refractivity contribution in [3.05, 3.63) is 0 Å². The van der Waals surface area contributed by atoms with Crippen LogP contribution in [-0.2, 0) is 24.4 Å². The van der Waals surface area contributed by atoms with Gasteiger partial charge in [0.15, 0.2) is 0 Å². The zero-order chi connectivity index (χ0) is 41.0. The van der Waals surface area contributed by atoms with Crippen molar-refractivity contribution in [3.8, 4) is 0 Å². The maximum atomic E-state index is 14.0. The minimum absolute atomic E-state index is 0.0301. The minimum atomic E-state index is -9.10. The molecular formula is C23H25BrF20O6S. The lowest BCUT2D eigenvalue weighted by Crippen LogP contribution is -2.75. The highest BCUT2D eigenvalue weighted by Crippen LogP contribution is 2.64. The summed E-state index contributed by atoms with van der Waals surface area (Å²) in [6, 6.07) is 0. The fourth-order valence-corrected chi connectivity index (χ4v) is 4.21. The number of ether oxygens (including phenoxy) is 2. The van der Waals surface area contributed by atoms with E-state index >= 15 is 0 Å². The Morgan fingerprint density at radius 2 is 0.843 bits per heavy atom. The second-order valence-electron chi connectivity index (χ2n) is 10.6. The molecule has 0 amide bonds. The first-order valence-corrected chi connectivity index (χ1v) is 16.1. The molecule has 0 fully saturated rings. The molecule has 1 N–H and O–H groups in total. The fourth-order valence-electron chi connectivity index (χ4n) is 3.70. The Kier molecular flexibility index (Phi) is 15.9. The topological polar surface area (TPSA) is 89.9 Å². The SMILES string of the molecule is O=C(CBr)OCCCCCCCCCCCC(F)(F)C(F)(F)C(F)(F)C(F)(F)C(F)(F)C(F)(F)C(F)(F)C(F)(F)OC(F)(F)C(F)(F)S(=O)(=O)O. The predicted molar refractivity (Wildman–Crippen MR) is 133 cm³/mol. The van der Waals surface area contributed by atoms with E-state index in [1.165, 1.54) is 0 Å². The number of unbranched alkanes of at least 4 members (excludes halogenated alkanes) is 8. The molecule has 0 spiro atoms. The molecule has 0 saturated carbocycles. The number of hydrogen-bond acceptors (Lipinski definition) is 5. The van der Waals surface area contributed by atoms with Crippen LogP contribution in [0, 0.1) is 0 Å². The third-order valence-corrected chi connectivity index (χ3v) is 8.07. The van der Waals surface area contributed by atoms with Crippen molar-refractivity contribution in [2.45, 2.75) is 123 Å². The molecule has 28 heteroatoms. The van der Waals surface area contributed by atoms with Gasteiger partial charge in [-0.2, -0.15) is 96.2 Å². The average Bonchev–Trinajstić information content (AvgIpc) is 2.95. The molecule has 0 bridgehead atoms.